The van der Waals surface area contributed by atoms with Gasteiger partial charge in [0.2, 0.25) is 0 Å². The zero-order valence-electron chi connectivity index (χ0n) is 17.0. The van der Waals surface area contributed by atoms with E-state index in [-0.39, 0.29) is 11.8 Å². The van der Waals surface area contributed by atoms with E-state index in [1.165, 1.54) is 6.20 Å². The van der Waals surface area contributed by atoms with Crippen LogP contribution in [0.2, 0.25) is 0 Å². The number of para-hydroxylation sites is 2. The van der Waals surface area contributed by atoms with Crippen molar-refractivity contribution >= 4 is 22.7 Å². The fourth-order valence-corrected chi connectivity index (χ4v) is 3.92. The molecular weight excluding hydrogens is 408 g/mol. The third-order valence-electron chi connectivity index (χ3n) is 5.66. The summed E-state index contributed by atoms with van der Waals surface area (Å²) in [6, 6.07) is 9.84. The summed E-state index contributed by atoms with van der Waals surface area (Å²) in [7, 11) is 0. The van der Waals surface area contributed by atoms with Gasteiger partial charge in [0.15, 0.2) is 17.3 Å². The highest BCUT2D eigenvalue weighted by atomic mass is 16.5. The number of benzene rings is 1. The van der Waals surface area contributed by atoms with Gasteiger partial charge in [-0.25, -0.2) is 9.97 Å². The molecule has 0 saturated carbocycles. The average Bonchev–Trinajstić information content (AvgIpc) is 3.28. The van der Waals surface area contributed by atoms with E-state index in [0.29, 0.717) is 31.3 Å². The molecule has 1 aromatic carbocycles. The highest BCUT2D eigenvalue weighted by Gasteiger charge is 2.32. The summed E-state index contributed by atoms with van der Waals surface area (Å²) >= 11 is 0. The molecule has 0 N–H and O–H groups in total. The van der Waals surface area contributed by atoms with Crippen LogP contribution in [0.5, 0.6) is 5.88 Å². The number of hydrogen-bond acceptors (Lipinski definition) is 10. The fraction of sp³-hybridized carbons (Fsp3) is 0.286. The monoisotopic (exact) mass is 426 g/mol. The maximum absolute atomic E-state index is 9.28. The van der Waals surface area contributed by atoms with Crippen LogP contribution in [0.25, 0.3) is 11.0 Å². The van der Waals surface area contributed by atoms with Crippen molar-refractivity contribution in [1.82, 2.24) is 34.7 Å². The number of rotatable bonds is 4. The lowest BCUT2D eigenvalue weighted by molar-refractivity contribution is 0.159. The molecule has 4 aromatic rings. The Hall–Kier alpha value is -4.33. The minimum atomic E-state index is -0.0845. The van der Waals surface area contributed by atoms with E-state index in [9.17, 15) is 5.26 Å². The number of hydrogen-bond donors (Lipinski definition) is 0. The molecule has 158 valence electrons. The second-order valence-corrected chi connectivity index (χ2v) is 7.72. The Morgan fingerprint density at radius 3 is 2.75 bits per heavy atom. The van der Waals surface area contributed by atoms with E-state index < -0.39 is 0 Å². The van der Waals surface area contributed by atoms with Gasteiger partial charge in [-0.3, -0.25) is 4.98 Å². The molecule has 2 aliphatic heterocycles. The Morgan fingerprint density at radius 2 is 1.88 bits per heavy atom. The van der Waals surface area contributed by atoms with Crippen molar-refractivity contribution in [2.24, 2.45) is 0 Å². The van der Waals surface area contributed by atoms with Crippen LogP contribution in [-0.2, 0) is 13.1 Å². The molecule has 1 fully saturated rings. The normalized spacial score (nSPS) is 15.8. The summed E-state index contributed by atoms with van der Waals surface area (Å²) in [6.07, 6.45) is 4.90. The fourth-order valence-electron chi connectivity index (χ4n) is 3.92. The molecule has 11 nitrogen and oxygen atoms in total. The quantitative estimate of drug-likeness (QED) is 0.470. The van der Waals surface area contributed by atoms with Gasteiger partial charge in [-0.05, 0) is 12.1 Å². The summed E-state index contributed by atoms with van der Waals surface area (Å²) in [5, 5.41) is 17.4. The van der Waals surface area contributed by atoms with Crippen LogP contribution in [0.4, 0.5) is 11.6 Å². The van der Waals surface area contributed by atoms with E-state index in [1.807, 2.05) is 34.9 Å². The van der Waals surface area contributed by atoms with E-state index in [4.69, 9.17) is 4.74 Å². The van der Waals surface area contributed by atoms with Crippen LogP contribution in [0.3, 0.4) is 0 Å². The SMILES string of the molecule is N#Cc1cnc(N2CCn3cnnc3C2)c(OC2CN(c3cnc4ccccc4n3)C2)n1. The Labute approximate surface area is 183 Å². The predicted octanol–water partition coefficient (Wildman–Crippen LogP) is 1.17. The highest BCUT2D eigenvalue weighted by molar-refractivity contribution is 5.75. The Balaban J connectivity index is 1.19. The first-order valence-corrected chi connectivity index (χ1v) is 10.3. The Bertz CT molecular complexity index is 1340. The van der Waals surface area contributed by atoms with Crippen molar-refractivity contribution in [1.29, 1.82) is 5.26 Å². The number of nitrogens with zero attached hydrogens (tertiary/aromatic N) is 10. The van der Waals surface area contributed by atoms with Crippen LogP contribution in [0.15, 0.2) is 43.0 Å². The third-order valence-corrected chi connectivity index (χ3v) is 5.66. The van der Waals surface area contributed by atoms with Crippen LogP contribution in [0, 0.1) is 11.3 Å². The van der Waals surface area contributed by atoms with Gasteiger partial charge in [-0.2, -0.15) is 10.2 Å². The molecule has 0 amide bonds. The number of ether oxygens (including phenoxy) is 1. The molecule has 0 aliphatic carbocycles. The first kappa shape index (κ1) is 18.4. The predicted molar refractivity (Wildman–Crippen MR) is 114 cm³/mol. The van der Waals surface area contributed by atoms with Gasteiger partial charge in [0, 0.05) is 13.1 Å². The van der Waals surface area contributed by atoms with Crippen molar-refractivity contribution in [3.8, 4) is 11.9 Å². The lowest BCUT2D eigenvalue weighted by atomic mass is 10.1. The lowest BCUT2D eigenvalue weighted by Crippen LogP contribution is -2.54. The molecule has 11 heteroatoms. The molecule has 3 aromatic heterocycles. The standard InChI is InChI=1S/C21H18N10O/c22-7-14-8-24-20(29-5-6-30-13-25-28-19(30)12-29)21(26-14)32-15-10-31(11-15)18-9-23-16-3-1-2-4-17(16)27-18/h1-4,8-9,13,15H,5-6,10-12H2. The lowest BCUT2D eigenvalue weighted by Gasteiger charge is -2.39. The maximum Gasteiger partial charge on any atom is 0.259 e. The minimum Gasteiger partial charge on any atom is -0.468 e. The van der Waals surface area contributed by atoms with Gasteiger partial charge in [0.1, 0.15) is 24.3 Å². The summed E-state index contributed by atoms with van der Waals surface area (Å²) in [4.78, 5) is 22.2. The van der Waals surface area contributed by atoms with Gasteiger partial charge in [-0.15, -0.1) is 10.2 Å². The number of fused-ring (bicyclic) bond motifs is 2. The zero-order chi connectivity index (χ0) is 21.5. The third kappa shape index (κ3) is 3.22. The summed E-state index contributed by atoms with van der Waals surface area (Å²) in [5.41, 5.74) is 1.96. The van der Waals surface area contributed by atoms with Gasteiger partial charge in [-0.1, -0.05) is 12.1 Å². The highest BCUT2D eigenvalue weighted by Crippen LogP contribution is 2.30. The largest absolute Gasteiger partial charge is 0.468 e. The summed E-state index contributed by atoms with van der Waals surface area (Å²) in [6.45, 7) is 3.34. The van der Waals surface area contributed by atoms with Crippen LogP contribution in [0.1, 0.15) is 11.5 Å². The molecule has 6 rings (SSSR count). The van der Waals surface area contributed by atoms with E-state index in [0.717, 1.165) is 35.8 Å². The molecule has 32 heavy (non-hydrogen) atoms. The first-order valence-electron chi connectivity index (χ1n) is 10.3. The molecule has 0 unspecified atom stereocenters. The molecule has 1 saturated heterocycles. The average molecular weight is 426 g/mol. The number of aromatic nitrogens is 7. The topological polar surface area (TPSA) is 122 Å². The summed E-state index contributed by atoms with van der Waals surface area (Å²) in [5.74, 6) is 2.66. The van der Waals surface area contributed by atoms with Crippen LogP contribution < -0.4 is 14.5 Å². The minimum absolute atomic E-state index is 0.0845. The van der Waals surface area contributed by atoms with Crippen molar-refractivity contribution < 1.29 is 4.74 Å². The van der Waals surface area contributed by atoms with Crippen LogP contribution >= 0.6 is 0 Å². The summed E-state index contributed by atoms with van der Waals surface area (Å²) < 4.78 is 8.20. The van der Waals surface area contributed by atoms with Crippen LogP contribution in [-0.4, -0.2) is 60.4 Å². The maximum atomic E-state index is 9.28. The molecule has 2 aliphatic rings. The van der Waals surface area contributed by atoms with Crippen molar-refractivity contribution in [2.75, 3.05) is 29.4 Å². The van der Waals surface area contributed by atoms with E-state index in [1.54, 1.807) is 12.5 Å². The molecular formula is C21H18N10O. The van der Waals surface area contributed by atoms with Gasteiger partial charge >= 0.3 is 0 Å². The zero-order valence-corrected chi connectivity index (χ0v) is 17.0. The van der Waals surface area contributed by atoms with Gasteiger partial charge < -0.3 is 19.1 Å². The Kier molecular flexibility index (Phi) is 4.28. The van der Waals surface area contributed by atoms with Gasteiger partial charge in [0.05, 0.1) is 43.1 Å². The van der Waals surface area contributed by atoms with E-state index >= 15 is 0 Å². The first-order chi connectivity index (χ1) is 15.8. The second-order valence-electron chi connectivity index (χ2n) is 7.72. The molecule has 0 bridgehead atoms. The number of anilines is 2. The molecule has 0 radical (unpaired) electrons. The second kappa shape index (κ2) is 7.42. The van der Waals surface area contributed by atoms with Crippen molar-refractivity contribution in [2.45, 2.75) is 19.2 Å². The van der Waals surface area contributed by atoms with Crippen molar-refractivity contribution in [3.63, 3.8) is 0 Å². The van der Waals surface area contributed by atoms with E-state index in [2.05, 4.69) is 39.9 Å². The smallest absolute Gasteiger partial charge is 0.259 e. The number of nitriles is 1. The molecule has 5 heterocycles. The molecule has 0 atom stereocenters. The molecule has 0 spiro atoms. The Morgan fingerprint density at radius 1 is 1.00 bits per heavy atom. The van der Waals surface area contributed by atoms with Crippen molar-refractivity contribution in [3.05, 3.63) is 54.5 Å². The van der Waals surface area contributed by atoms with Gasteiger partial charge in [0.25, 0.3) is 5.88 Å².